The maximum atomic E-state index is 12.1. The van der Waals surface area contributed by atoms with E-state index in [1.807, 2.05) is 54.1 Å². The van der Waals surface area contributed by atoms with Crippen LogP contribution in [-0.4, -0.2) is 46.0 Å². The van der Waals surface area contributed by atoms with Crippen LogP contribution in [0.15, 0.2) is 58.2 Å². The highest BCUT2D eigenvalue weighted by Crippen LogP contribution is 2.24. The molecule has 2 amide bonds. The van der Waals surface area contributed by atoms with Crippen molar-refractivity contribution in [3.8, 4) is 17.1 Å². The van der Waals surface area contributed by atoms with E-state index in [2.05, 4.69) is 36.8 Å². The van der Waals surface area contributed by atoms with Crippen LogP contribution in [0.25, 0.3) is 11.4 Å². The summed E-state index contributed by atoms with van der Waals surface area (Å²) in [5, 5.41) is 14.3. The number of methoxy groups -OCH3 is 1. The van der Waals surface area contributed by atoms with E-state index in [9.17, 15) is 9.59 Å². The van der Waals surface area contributed by atoms with Crippen molar-refractivity contribution < 1.29 is 14.3 Å². The Bertz CT molecular complexity index is 1040. The molecule has 0 aliphatic heterocycles. The SMILES string of the molecule is COc1ccc(-c2nnc(SCC(=O)NCC(=O)Nc3ccccc3Br)n2C)cc1. The number of hydrogen-bond acceptors (Lipinski definition) is 6. The zero-order valence-electron chi connectivity index (χ0n) is 16.4. The molecule has 0 aliphatic carbocycles. The third-order valence-electron chi connectivity index (χ3n) is 4.11. The maximum Gasteiger partial charge on any atom is 0.243 e. The van der Waals surface area contributed by atoms with E-state index in [-0.39, 0.29) is 24.1 Å². The standard InChI is InChI=1S/C20H20BrN5O3S/c1-26-19(13-7-9-14(29-2)10-8-13)24-25-20(26)30-12-18(28)22-11-17(27)23-16-6-4-3-5-15(16)21/h3-10H,11-12H2,1-2H3,(H,22,28)(H,23,27). The minimum Gasteiger partial charge on any atom is -0.497 e. The zero-order chi connectivity index (χ0) is 21.5. The lowest BCUT2D eigenvalue weighted by Gasteiger charge is -2.08. The van der Waals surface area contributed by atoms with Gasteiger partial charge < -0.3 is 19.9 Å². The first kappa shape index (κ1) is 21.8. The van der Waals surface area contributed by atoms with Crippen molar-refractivity contribution in [1.29, 1.82) is 0 Å². The lowest BCUT2D eigenvalue weighted by Crippen LogP contribution is -2.34. The van der Waals surface area contributed by atoms with Crippen LogP contribution < -0.4 is 15.4 Å². The van der Waals surface area contributed by atoms with Crippen LogP contribution >= 0.6 is 27.7 Å². The topological polar surface area (TPSA) is 98.1 Å². The summed E-state index contributed by atoms with van der Waals surface area (Å²) in [4.78, 5) is 24.1. The largest absolute Gasteiger partial charge is 0.497 e. The molecule has 3 aromatic rings. The van der Waals surface area contributed by atoms with Gasteiger partial charge in [-0.15, -0.1) is 10.2 Å². The Labute approximate surface area is 186 Å². The number of aromatic nitrogens is 3. The molecule has 0 radical (unpaired) electrons. The van der Waals surface area contributed by atoms with E-state index in [0.717, 1.165) is 15.8 Å². The number of anilines is 1. The fourth-order valence-corrected chi connectivity index (χ4v) is 3.67. The van der Waals surface area contributed by atoms with Gasteiger partial charge in [0, 0.05) is 17.1 Å². The molecule has 0 atom stereocenters. The third kappa shape index (κ3) is 5.61. The summed E-state index contributed by atoms with van der Waals surface area (Å²) in [7, 11) is 3.45. The summed E-state index contributed by atoms with van der Waals surface area (Å²) in [6, 6.07) is 14.8. The summed E-state index contributed by atoms with van der Waals surface area (Å²) in [6.45, 7) is -0.114. The quantitative estimate of drug-likeness (QED) is 0.471. The molecule has 0 fully saturated rings. The van der Waals surface area contributed by atoms with Gasteiger partial charge in [-0.05, 0) is 52.3 Å². The Morgan fingerprint density at radius 3 is 2.53 bits per heavy atom. The number of rotatable bonds is 8. The van der Waals surface area contributed by atoms with Gasteiger partial charge in [0.15, 0.2) is 11.0 Å². The Hall–Kier alpha value is -2.85. The third-order valence-corrected chi connectivity index (χ3v) is 5.82. The lowest BCUT2D eigenvalue weighted by molar-refractivity contribution is -0.122. The molecule has 0 saturated carbocycles. The number of hydrogen-bond donors (Lipinski definition) is 2. The molecular formula is C20H20BrN5O3S. The van der Waals surface area contributed by atoms with Gasteiger partial charge in [0.05, 0.1) is 25.1 Å². The number of para-hydroxylation sites is 1. The second kappa shape index (κ2) is 10.3. The Morgan fingerprint density at radius 1 is 1.10 bits per heavy atom. The minimum absolute atomic E-state index is 0.114. The second-order valence-electron chi connectivity index (χ2n) is 6.19. The highest BCUT2D eigenvalue weighted by atomic mass is 79.9. The van der Waals surface area contributed by atoms with Crippen LogP contribution in [0.5, 0.6) is 5.75 Å². The van der Waals surface area contributed by atoms with Crippen molar-refractivity contribution in [2.45, 2.75) is 5.16 Å². The van der Waals surface area contributed by atoms with E-state index in [1.54, 1.807) is 13.2 Å². The van der Waals surface area contributed by atoms with Crippen LogP contribution in [-0.2, 0) is 16.6 Å². The summed E-state index contributed by atoms with van der Waals surface area (Å²) < 4.78 is 7.75. The number of nitrogens with one attached hydrogen (secondary N) is 2. The summed E-state index contributed by atoms with van der Waals surface area (Å²) in [5.74, 6) is 0.998. The number of benzene rings is 2. The van der Waals surface area contributed by atoms with Crippen molar-refractivity contribution in [1.82, 2.24) is 20.1 Å². The van der Waals surface area contributed by atoms with Gasteiger partial charge in [-0.3, -0.25) is 9.59 Å². The summed E-state index contributed by atoms with van der Waals surface area (Å²) in [5.41, 5.74) is 1.54. The average molecular weight is 490 g/mol. The number of amides is 2. The molecule has 0 saturated heterocycles. The van der Waals surface area contributed by atoms with Crippen molar-refractivity contribution in [2.24, 2.45) is 7.05 Å². The highest BCUT2D eigenvalue weighted by Gasteiger charge is 2.14. The first-order valence-corrected chi connectivity index (χ1v) is 10.7. The molecule has 0 unspecified atom stereocenters. The molecule has 156 valence electrons. The van der Waals surface area contributed by atoms with Crippen LogP contribution in [0.3, 0.4) is 0 Å². The minimum atomic E-state index is -0.305. The Kier molecular flexibility index (Phi) is 7.47. The highest BCUT2D eigenvalue weighted by molar-refractivity contribution is 9.10. The maximum absolute atomic E-state index is 12.1. The Morgan fingerprint density at radius 2 is 1.83 bits per heavy atom. The van der Waals surface area contributed by atoms with E-state index < -0.39 is 0 Å². The number of carbonyl (C=O) groups is 2. The molecule has 30 heavy (non-hydrogen) atoms. The van der Waals surface area contributed by atoms with Crippen LogP contribution in [0, 0.1) is 0 Å². The zero-order valence-corrected chi connectivity index (χ0v) is 18.8. The summed E-state index contributed by atoms with van der Waals surface area (Å²) in [6.07, 6.45) is 0. The van der Waals surface area contributed by atoms with Crippen molar-refractivity contribution >= 4 is 45.2 Å². The number of ether oxygens (including phenoxy) is 1. The molecule has 3 rings (SSSR count). The fraction of sp³-hybridized carbons (Fsp3) is 0.200. The van der Waals surface area contributed by atoms with Crippen LogP contribution in [0.2, 0.25) is 0 Å². The predicted octanol–water partition coefficient (Wildman–Crippen LogP) is 3.10. The molecule has 10 heteroatoms. The molecule has 8 nitrogen and oxygen atoms in total. The van der Waals surface area contributed by atoms with Crippen molar-refractivity contribution in [2.75, 3.05) is 24.7 Å². The van der Waals surface area contributed by atoms with Gasteiger partial charge >= 0.3 is 0 Å². The predicted molar refractivity (Wildman–Crippen MR) is 119 cm³/mol. The number of nitrogens with zero attached hydrogens (tertiary/aromatic N) is 3. The first-order chi connectivity index (χ1) is 14.5. The molecule has 1 heterocycles. The van der Waals surface area contributed by atoms with Gasteiger partial charge in [-0.2, -0.15) is 0 Å². The Balaban J connectivity index is 1.49. The molecule has 0 spiro atoms. The number of halogens is 1. The fourth-order valence-electron chi connectivity index (χ4n) is 2.55. The monoisotopic (exact) mass is 489 g/mol. The smallest absolute Gasteiger partial charge is 0.243 e. The van der Waals surface area contributed by atoms with Gasteiger partial charge in [0.1, 0.15) is 5.75 Å². The van der Waals surface area contributed by atoms with Gasteiger partial charge in [-0.1, -0.05) is 23.9 Å². The van der Waals surface area contributed by atoms with Gasteiger partial charge in [0.2, 0.25) is 11.8 Å². The van der Waals surface area contributed by atoms with Crippen molar-refractivity contribution in [3.05, 3.63) is 53.0 Å². The number of carbonyl (C=O) groups excluding carboxylic acids is 2. The number of thioether (sulfide) groups is 1. The lowest BCUT2D eigenvalue weighted by atomic mass is 10.2. The molecule has 2 N–H and O–H groups in total. The molecule has 2 aromatic carbocycles. The second-order valence-corrected chi connectivity index (χ2v) is 7.98. The molecule has 0 bridgehead atoms. The molecule has 1 aromatic heterocycles. The van der Waals surface area contributed by atoms with E-state index in [1.165, 1.54) is 11.8 Å². The van der Waals surface area contributed by atoms with Crippen LogP contribution in [0.4, 0.5) is 5.69 Å². The van der Waals surface area contributed by atoms with Gasteiger partial charge in [-0.25, -0.2) is 0 Å². The van der Waals surface area contributed by atoms with Crippen molar-refractivity contribution in [3.63, 3.8) is 0 Å². The summed E-state index contributed by atoms with van der Waals surface area (Å²) >= 11 is 4.61. The van der Waals surface area contributed by atoms with E-state index >= 15 is 0 Å². The molecule has 0 aliphatic rings. The normalized spacial score (nSPS) is 10.5. The van der Waals surface area contributed by atoms with Crippen LogP contribution in [0.1, 0.15) is 0 Å². The van der Waals surface area contributed by atoms with Gasteiger partial charge in [0.25, 0.3) is 0 Å². The first-order valence-electron chi connectivity index (χ1n) is 8.95. The average Bonchev–Trinajstić information content (AvgIpc) is 3.12. The van der Waals surface area contributed by atoms with E-state index in [4.69, 9.17) is 4.74 Å². The van der Waals surface area contributed by atoms with E-state index in [0.29, 0.717) is 16.7 Å². The molecular weight excluding hydrogens is 470 g/mol.